The van der Waals surface area contributed by atoms with Crippen LogP contribution >= 0.6 is 12.4 Å². The third-order valence-corrected chi connectivity index (χ3v) is 4.93. The minimum Gasteiger partial charge on any atom is -0.342 e. The normalized spacial score (nSPS) is 26.8. The van der Waals surface area contributed by atoms with Crippen LogP contribution in [0, 0.1) is 11.8 Å². The Morgan fingerprint density at radius 2 is 1.91 bits per heavy atom. The molecule has 1 heterocycles. The number of halogens is 4. The molecule has 1 saturated carbocycles. The summed E-state index contributed by atoms with van der Waals surface area (Å²) in [6.07, 6.45) is -2.64. The van der Waals surface area contributed by atoms with Crippen molar-refractivity contribution in [2.24, 2.45) is 17.6 Å². The molecule has 7 heteroatoms. The number of nitrogens with two attached hydrogens (primary N) is 1. The average molecular weight is 349 g/mol. The first kappa shape index (κ1) is 18.1. The van der Waals surface area contributed by atoms with E-state index in [4.69, 9.17) is 5.73 Å². The molecule has 1 amide bonds. The second-order valence-electron chi connectivity index (χ2n) is 6.30. The molecule has 0 bridgehead atoms. The minimum atomic E-state index is -4.43. The van der Waals surface area contributed by atoms with E-state index in [1.165, 1.54) is 18.2 Å². The van der Waals surface area contributed by atoms with E-state index in [1.807, 2.05) is 0 Å². The van der Waals surface area contributed by atoms with Crippen LogP contribution in [0.15, 0.2) is 24.3 Å². The first-order valence-corrected chi connectivity index (χ1v) is 7.54. The Bertz CT molecular complexity index is 579. The van der Waals surface area contributed by atoms with Crippen LogP contribution in [0.25, 0.3) is 0 Å². The number of carbonyl (C=O) groups excluding carboxylic acids is 1. The number of rotatable bonds is 2. The highest BCUT2D eigenvalue weighted by Gasteiger charge is 2.42. The first-order valence-electron chi connectivity index (χ1n) is 7.54. The molecule has 3 rings (SSSR count). The van der Waals surface area contributed by atoms with E-state index in [0.717, 1.165) is 18.9 Å². The number of fused-ring (bicyclic) bond motifs is 1. The Morgan fingerprint density at radius 1 is 1.22 bits per heavy atom. The van der Waals surface area contributed by atoms with Gasteiger partial charge >= 0.3 is 6.18 Å². The standard InChI is InChI=1S/C16H19F3N2O.ClH/c17-16(18,19)13-4-2-1-3-10(13)7-15(22)21-8-11-5-6-14(20)12(11)9-21;/h1-4,11-12,14H,5-9,20H2;1H. The van der Waals surface area contributed by atoms with Crippen LogP contribution in [0.2, 0.25) is 0 Å². The third kappa shape index (κ3) is 3.63. The molecular weight excluding hydrogens is 329 g/mol. The molecule has 2 fully saturated rings. The number of amides is 1. The fourth-order valence-corrected chi connectivity index (χ4v) is 3.74. The van der Waals surface area contributed by atoms with Crippen LogP contribution in [0.5, 0.6) is 0 Å². The number of carbonyl (C=O) groups is 1. The van der Waals surface area contributed by atoms with Gasteiger partial charge in [0.05, 0.1) is 12.0 Å². The van der Waals surface area contributed by atoms with Crippen LogP contribution in [-0.4, -0.2) is 29.9 Å². The molecule has 0 aromatic heterocycles. The topological polar surface area (TPSA) is 46.3 Å². The predicted molar refractivity (Wildman–Crippen MR) is 83.2 cm³/mol. The Labute approximate surface area is 139 Å². The van der Waals surface area contributed by atoms with Crippen LogP contribution < -0.4 is 5.73 Å². The maximum absolute atomic E-state index is 13.0. The Morgan fingerprint density at radius 3 is 2.57 bits per heavy atom. The number of benzene rings is 1. The average Bonchev–Trinajstić information content (AvgIpc) is 3.01. The van der Waals surface area contributed by atoms with Crippen molar-refractivity contribution < 1.29 is 18.0 Å². The van der Waals surface area contributed by atoms with Crippen LogP contribution in [-0.2, 0) is 17.4 Å². The smallest absolute Gasteiger partial charge is 0.342 e. The Balaban J connectivity index is 0.00000192. The summed E-state index contributed by atoms with van der Waals surface area (Å²) in [6.45, 7) is 1.21. The van der Waals surface area contributed by atoms with Crippen molar-refractivity contribution in [3.05, 3.63) is 35.4 Å². The monoisotopic (exact) mass is 348 g/mol. The van der Waals surface area contributed by atoms with Crippen molar-refractivity contribution in [3.63, 3.8) is 0 Å². The van der Waals surface area contributed by atoms with Gasteiger partial charge in [-0.2, -0.15) is 13.2 Å². The maximum atomic E-state index is 13.0. The highest BCUT2D eigenvalue weighted by Crippen LogP contribution is 2.38. The van der Waals surface area contributed by atoms with Gasteiger partial charge in [-0.3, -0.25) is 4.79 Å². The molecule has 3 nitrogen and oxygen atoms in total. The summed E-state index contributed by atoms with van der Waals surface area (Å²) in [6, 6.07) is 5.40. The molecule has 2 aliphatic rings. The molecule has 1 aliphatic heterocycles. The van der Waals surface area contributed by atoms with Crippen LogP contribution in [0.4, 0.5) is 13.2 Å². The van der Waals surface area contributed by atoms with Crippen molar-refractivity contribution in [1.82, 2.24) is 4.90 Å². The van der Waals surface area contributed by atoms with Gasteiger partial charge in [0.25, 0.3) is 0 Å². The number of hydrogen-bond donors (Lipinski definition) is 1. The summed E-state index contributed by atoms with van der Waals surface area (Å²) < 4.78 is 38.9. The second kappa shape index (κ2) is 6.69. The molecule has 23 heavy (non-hydrogen) atoms. The van der Waals surface area contributed by atoms with Crippen molar-refractivity contribution in [1.29, 1.82) is 0 Å². The summed E-state index contributed by atoms with van der Waals surface area (Å²) in [5.74, 6) is 0.483. The summed E-state index contributed by atoms with van der Waals surface area (Å²) in [5, 5.41) is 0. The zero-order valence-corrected chi connectivity index (χ0v) is 13.4. The van der Waals surface area contributed by atoms with Gasteiger partial charge in [-0.05, 0) is 36.3 Å². The van der Waals surface area contributed by atoms with Crippen molar-refractivity contribution in [2.45, 2.75) is 31.5 Å². The van der Waals surface area contributed by atoms with Crippen molar-refractivity contribution >= 4 is 18.3 Å². The van der Waals surface area contributed by atoms with E-state index in [-0.39, 0.29) is 36.3 Å². The van der Waals surface area contributed by atoms with Gasteiger partial charge in [-0.25, -0.2) is 0 Å². The molecule has 1 aliphatic carbocycles. The SMILES string of the molecule is Cl.NC1CCC2CN(C(=O)Cc3ccccc3C(F)(F)F)CC12. The van der Waals surface area contributed by atoms with E-state index in [0.29, 0.717) is 24.9 Å². The second-order valence-corrected chi connectivity index (χ2v) is 6.30. The molecule has 0 radical (unpaired) electrons. The van der Waals surface area contributed by atoms with Gasteiger partial charge in [0, 0.05) is 19.1 Å². The highest BCUT2D eigenvalue weighted by atomic mass is 35.5. The zero-order chi connectivity index (χ0) is 15.9. The van der Waals surface area contributed by atoms with E-state index >= 15 is 0 Å². The molecule has 0 spiro atoms. The maximum Gasteiger partial charge on any atom is 0.416 e. The molecule has 2 N–H and O–H groups in total. The molecule has 1 aromatic carbocycles. The van der Waals surface area contributed by atoms with E-state index < -0.39 is 11.7 Å². The largest absolute Gasteiger partial charge is 0.416 e. The van der Waals surface area contributed by atoms with Crippen LogP contribution in [0.3, 0.4) is 0 Å². The molecular formula is C16H20ClF3N2O. The number of likely N-dealkylation sites (tertiary alicyclic amines) is 1. The van der Waals surface area contributed by atoms with Gasteiger partial charge in [-0.1, -0.05) is 18.2 Å². The Hall–Kier alpha value is -1.27. The minimum absolute atomic E-state index is 0. The predicted octanol–water partition coefficient (Wildman–Crippen LogP) is 2.87. The van der Waals surface area contributed by atoms with E-state index in [2.05, 4.69) is 0 Å². The molecule has 3 atom stereocenters. The fourth-order valence-electron chi connectivity index (χ4n) is 3.74. The van der Waals surface area contributed by atoms with Crippen LogP contribution in [0.1, 0.15) is 24.0 Å². The zero-order valence-electron chi connectivity index (χ0n) is 12.6. The number of nitrogens with zero attached hydrogens (tertiary/aromatic N) is 1. The third-order valence-electron chi connectivity index (χ3n) is 4.93. The lowest BCUT2D eigenvalue weighted by molar-refractivity contribution is -0.138. The van der Waals surface area contributed by atoms with Crippen molar-refractivity contribution in [2.75, 3.05) is 13.1 Å². The van der Waals surface area contributed by atoms with Crippen molar-refractivity contribution in [3.8, 4) is 0 Å². The summed E-state index contributed by atoms with van der Waals surface area (Å²) in [4.78, 5) is 14.0. The quantitative estimate of drug-likeness (QED) is 0.893. The summed E-state index contributed by atoms with van der Waals surface area (Å²) in [5.41, 5.74) is 5.35. The molecule has 3 unspecified atom stereocenters. The van der Waals surface area contributed by atoms with Gasteiger partial charge in [-0.15, -0.1) is 12.4 Å². The molecule has 1 saturated heterocycles. The van der Waals surface area contributed by atoms with Gasteiger partial charge < -0.3 is 10.6 Å². The fraction of sp³-hybridized carbons (Fsp3) is 0.562. The Kier molecular flexibility index (Phi) is 5.26. The van der Waals surface area contributed by atoms with Gasteiger partial charge in [0.1, 0.15) is 0 Å². The summed E-state index contributed by atoms with van der Waals surface area (Å²) in [7, 11) is 0. The highest BCUT2D eigenvalue weighted by molar-refractivity contribution is 5.85. The lowest BCUT2D eigenvalue weighted by atomic mass is 9.98. The lowest BCUT2D eigenvalue weighted by Gasteiger charge is -2.20. The molecule has 1 aromatic rings. The van der Waals surface area contributed by atoms with E-state index in [9.17, 15) is 18.0 Å². The lowest BCUT2D eigenvalue weighted by Crippen LogP contribution is -2.34. The van der Waals surface area contributed by atoms with Gasteiger partial charge in [0.15, 0.2) is 0 Å². The number of alkyl halides is 3. The number of hydrogen-bond acceptors (Lipinski definition) is 2. The van der Waals surface area contributed by atoms with Gasteiger partial charge in [0.2, 0.25) is 5.91 Å². The summed E-state index contributed by atoms with van der Waals surface area (Å²) >= 11 is 0. The molecule has 128 valence electrons. The first-order chi connectivity index (χ1) is 10.4. The van der Waals surface area contributed by atoms with E-state index in [1.54, 1.807) is 4.90 Å².